The Balaban J connectivity index is 2.36. The number of rotatable bonds is 3. The van der Waals surface area contributed by atoms with E-state index in [1.54, 1.807) is 19.9 Å². The molecular weight excluding hydrogens is 258 g/mol. The van der Waals surface area contributed by atoms with Gasteiger partial charge in [-0.15, -0.1) is 0 Å². The van der Waals surface area contributed by atoms with Crippen molar-refractivity contribution in [1.29, 1.82) is 0 Å². The number of nitrogens with zero attached hydrogens (tertiary/aromatic N) is 5. The third kappa shape index (κ3) is 2.30. The standard InChI is InChI=1S/C10H10ClN5O2/c1-6-9(16(17)18)7(2)15(14-6)5-8-3-4-12-10(11)13-8/h3-4H,5H2,1-2H3. The summed E-state index contributed by atoms with van der Waals surface area (Å²) in [4.78, 5) is 18.2. The zero-order valence-electron chi connectivity index (χ0n) is 9.79. The van der Waals surface area contributed by atoms with Crippen molar-refractivity contribution in [2.75, 3.05) is 0 Å². The first-order valence-corrected chi connectivity index (χ1v) is 5.52. The SMILES string of the molecule is Cc1nn(Cc2ccnc(Cl)n2)c(C)c1[N+](=O)[O-]. The van der Waals surface area contributed by atoms with E-state index >= 15 is 0 Å². The van der Waals surface area contributed by atoms with Crippen molar-refractivity contribution in [3.63, 3.8) is 0 Å². The summed E-state index contributed by atoms with van der Waals surface area (Å²) in [5.41, 5.74) is 1.57. The summed E-state index contributed by atoms with van der Waals surface area (Å²) in [5, 5.41) is 15.1. The normalized spacial score (nSPS) is 10.6. The Morgan fingerprint density at radius 1 is 1.50 bits per heavy atom. The molecule has 0 amide bonds. The first kappa shape index (κ1) is 12.4. The van der Waals surface area contributed by atoms with Gasteiger partial charge >= 0.3 is 5.69 Å². The van der Waals surface area contributed by atoms with Gasteiger partial charge in [-0.3, -0.25) is 14.8 Å². The summed E-state index contributed by atoms with van der Waals surface area (Å²) in [6.07, 6.45) is 1.53. The molecule has 0 spiro atoms. The fraction of sp³-hybridized carbons (Fsp3) is 0.300. The van der Waals surface area contributed by atoms with Crippen LogP contribution < -0.4 is 0 Å². The molecule has 0 aliphatic heterocycles. The third-order valence-electron chi connectivity index (χ3n) is 2.52. The number of aryl methyl sites for hydroxylation is 1. The van der Waals surface area contributed by atoms with E-state index in [4.69, 9.17) is 11.6 Å². The van der Waals surface area contributed by atoms with Gasteiger partial charge in [0.05, 0.1) is 17.2 Å². The van der Waals surface area contributed by atoms with Crippen LogP contribution in [0, 0.1) is 24.0 Å². The highest BCUT2D eigenvalue weighted by Gasteiger charge is 2.21. The summed E-state index contributed by atoms with van der Waals surface area (Å²) in [6.45, 7) is 3.58. The lowest BCUT2D eigenvalue weighted by atomic mass is 10.3. The van der Waals surface area contributed by atoms with E-state index < -0.39 is 4.92 Å². The molecule has 94 valence electrons. The van der Waals surface area contributed by atoms with E-state index in [0.29, 0.717) is 23.6 Å². The lowest BCUT2D eigenvalue weighted by Crippen LogP contribution is -2.06. The van der Waals surface area contributed by atoms with Gasteiger partial charge in [0.25, 0.3) is 0 Å². The van der Waals surface area contributed by atoms with Gasteiger partial charge in [-0.05, 0) is 31.5 Å². The van der Waals surface area contributed by atoms with Crippen molar-refractivity contribution in [2.24, 2.45) is 0 Å². The molecule has 2 aromatic rings. The zero-order chi connectivity index (χ0) is 13.3. The van der Waals surface area contributed by atoms with Crippen molar-refractivity contribution >= 4 is 17.3 Å². The highest BCUT2D eigenvalue weighted by atomic mass is 35.5. The Hall–Kier alpha value is -2.02. The molecule has 0 aromatic carbocycles. The Morgan fingerprint density at radius 3 is 2.78 bits per heavy atom. The predicted octanol–water partition coefficient (Wildman–Crippen LogP) is 1.90. The summed E-state index contributed by atoms with van der Waals surface area (Å²) in [7, 11) is 0. The van der Waals surface area contributed by atoms with Crippen LogP contribution in [0.2, 0.25) is 5.28 Å². The summed E-state index contributed by atoms with van der Waals surface area (Å²) < 4.78 is 1.53. The van der Waals surface area contributed by atoms with E-state index in [9.17, 15) is 10.1 Å². The lowest BCUT2D eigenvalue weighted by molar-refractivity contribution is -0.386. The van der Waals surface area contributed by atoms with Crippen molar-refractivity contribution in [1.82, 2.24) is 19.7 Å². The number of hydrogen-bond acceptors (Lipinski definition) is 5. The monoisotopic (exact) mass is 267 g/mol. The van der Waals surface area contributed by atoms with E-state index in [2.05, 4.69) is 15.1 Å². The molecule has 0 atom stereocenters. The number of nitro groups is 1. The van der Waals surface area contributed by atoms with Gasteiger partial charge < -0.3 is 0 Å². The first-order valence-electron chi connectivity index (χ1n) is 5.15. The molecule has 8 heteroatoms. The van der Waals surface area contributed by atoms with Crippen LogP contribution in [0.3, 0.4) is 0 Å². The fourth-order valence-electron chi connectivity index (χ4n) is 1.72. The minimum atomic E-state index is -0.429. The highest BCUT2D eigenvalue weighted by Crippen LogP contribution is 2.22. The van der Waals surface area contributed by atoms with Crippen molar-refractivity contribution < 1.29 is 4.92 Å². The Kier molecular flexibility index (Phi) is 3.24. The van der Waals surface area contributed by atoms with Gasteiger partial charge in [-0.2, -0.15) is 5.10 Å². The van der Waals surface area contributed by atoms with E-state index in [-0.39, 0.29) is 11.0 Å². The quantitative estimate of drug-likeness (QED) is 0.481. The minimum absolute atomic E-state index is 0.0372. The third-order valence-corrected chi connectivity index (χ3v) is 2.70. The van der Waals surface area contributed by atoms with Crippen LogP contribution in [0.15, 0.2) is 12.3 Å². The molecule has 18 heavy (non-hydrogen) atoms. The maximum atomic E-state index is 10.9. The zero-order valence-corrected chi connectivity index (χ0v) is 10.5. The molecule has 0 bridgehead atoms. The van der Waals surface area contributed by atoms with E-state index in [1.165, 1.54) is 10.9 Å². The maximum Gasteiger partial charge on any atom is 0.312 e. The van der Waals surface area contributed by atoms with Crippen molar-refractivity contribution in [3.05, 3.63) is 44.7 Å². The van der Waals surface area contributed by atoms with Crippen LogP contribution in [0.4, 0.5) is 5.69 Å². The van der Waals surface area contributed by atoms with Gasteiger partial charge in [0.1, 0.15) is 11.4 Å². The van der Waals surface area contributed by atoms with Crippen LogP contribution in [-0.4, -0.2) is 24.7 Å². The lowest BCUT2D eigenvalue weighted by Gasteiger charge is -2.02. The number of aromatic nitrogens is 4. The van der Waals surface area contributed by atoms with Gasteiger partial charge in [0.2, 0.25) is 5.28 Å². The van der Waals surface area contributed by atoms with Crippen LogP contribution in [0.1, 0.15) is 17.1 Å². The molecule has 7 nitrogen and oxygen atoms in total. The smallest absolute Gasteiger partial charge is 0.258 e. The number of hydrogen-bond donors (Lipinski definition) is 0. The molecule has 0 N–H and O–H groups in total. The second-order valence-electron chi connectivity index (χ2n) is 3.75. The van der Waals surface area contributed by atoms with Crippen LogP contribution in [-0.2, 0) is 6.54 Å². The van der Waals surface area contributed by atoms with Crippen molar-refractivity contribution in [2.45, 2.75) is 20.4 Å². The van der Waals surface area contributed by atoms with Gasteiger partial charge in [-0.1, -0.05) is 0 Å². The summed E-state index contributed by atoms with van der Waals surface area (Å²) in [5.74, 6) is 0. The Labute approximate surface area is 108 Å². The topological polar surface area (TPSA) is 86.7 Å². The molecular formula is C10H10ClN5O2. The predicted molar refractivity (Wildman–Crippen MR) is 64.5 cm³/mol. The molecule has 0 saturated carbocycles. The van der Waals surface area contributed by atoms with Gasteiger partial charge in [-0.25, -0.2) is 9.97 Å². The molecule has 0 unspecified atom stereocenters. The maximum absolute atomic E-state index is 10.9. The molecule has 0 saturated heterocycles. The molecule has 0 aliphatic rings. The van der Waals surface area contributed by atoms with E-state index in [1.807, 2.05) is 0 Å². The Morgan fingerprint density at radius 2 is 2.22 bits per heavy atom. The summed E-state index contributed by atoms with van der Waals surface area (Å²) in [6, 6.07) is 1.69. The average Bonchev–Trinajstić information content (AvgIpc) is 2.54. The van der Waals surface area contributed by atoms with Crippen LogP contribution >= 0.6 is 11.6 Å². The largest absolute Gasteiger partial charge is 0.312 e. The van der Waals surface area contributed by atoms with Gasteiger partial charge in [0, 0.05) is 6.20 Å². The first-order chi connectivity index (χ1) is 8.49. The second kappa shape index (κ2) is 4.69. The highest BCUT2D eigenvalue weighted by molar-refractivity contribution is 6.28. The van der Waals surface area contributed by atoms with Crippen molar-refractivity contribution in [3.8, 4) is 0 Å². The second-order valence-corrected chi connectivity index (χ2v) is 4.09. The molecule has 0 aliphatic carbocycles. The molecule has 2 aromatic heterocycles. The number of halogens is 1. The Bertz CT molecular complexity index is 610. The summed E-state index contributed by atoms with van der Waals surface area (Å²) >= 11 is 5.68. The van der Waals surface area contributed by atoms with Crippen LogP contribution in [0.25, 0.3) is 0 Å². The average molecular weight is 268 g/mol. The minimum Gasteiger partial charge on any atom is -0.258 e. The van der Waals surface area contributed by atoms with Gasteiger partial charge in [0.15, 0.2) is 0 Å². The molecule has 2 heterocycles. The van der Waals surface area contributed by atoms with Crippen LogP contribution in [0.5, 0.6) is 0 Å². The van der Waals surface area contributed by atoms with E-state index in [0.717, 1.165) is 0 Å². The fourth-order valence-corrected chi connectivity index (χ4v) is 1.88. The molecule has 2 rings (SSSR count). The molecule has 0 radical (unpaired) electrons. The molecule has 0 fully saturated rings.